The lowest BCUT2D eigenvalue weighted by Gasteiger charge is -2.15. The molecule has 20 heavy (non-hydrogen) atoms. The van der Waals surface area contributed by atoms with Crippen molar-refractivity contribution in [3.8, 4) is 0 Å². The van der Waals surface area contributed by atoms with E-state index in [0.29, 0.717) is 6.54 Å². The molecule has 1 aromatic carbocycles. The normalized spacial score (nSPS) is 15.9. The van der Waals surface area contributed by atoms with E-state index in [9.17, 15) is 9.18 Å². The molecule has 0 bridgehead atoms. The number of benzene rings is 1. The monoisotopic (exact) mass is 273 g/mol. The second-order valence-corrected chi connectivity index (χ2v) is 5.23. The minimum absolute atomic E-state index is 0.00731. The van der Waals surface area contributed by atoms with E-state index in [-0.39, 0.29) is 11.7 Å². The van der Waals surface area contributed by atoms with Gasteiger partial charge in [-0.25, -0.2) is 9.37 Å². The molecule has 1 aromatic heterocycles. The van der Waals surface area contributed by atoms with Crippen molar-refractivity contribution in [2.45, 2.75) is 24.8 Å². The second-order valence-electron chi connectivity index (χ2n) is 5.23. The summed E-state index contributed by atoms with van der Waals surface area (Å²) in [5.74, 6) is 0.526. The van der Waals surface area contributed by atoms with Crippen molar-refractivity contribution in [3.05, 3.63) is 53.9 Å². The molecule has 0 radical (unpaired) electrons. The summed E-state index contributed by atoms with van der Waals surface area (Å²) in [4.78, 5) is 16.6. The van der Waals surface area contributed by atoms with Crippen LogP contribution in [0.3, 0.4) is 0 Å². The summed E-state index contributed by atoms with van der Waals surface area (Å²) >= 11 is 0. The molecule has 104 valence electrons. The number of imidazole rings is 1. The van der Waals surface area contributed by atoms with Gasteiger partial charge in [-0.3, -0.25) is 4.79 Å². The standard InChI is InChI=1S/C15H16FN3O/c1-19-9-8-17-13(19)10-18-14(20)15(6-7-15)11-2-4-12(16)5-3-11/h2-5,8-9H,6-7,10H2,1H3,(H,18,20). The Kier molecular flexibility index (Phi) is 3.04. The summed E-state index contributed by atoms with van der Waals surface area (Å²) in [5.41, 5.74) is 0.412. The number of aryl methyl sites for hydroxylation is 1. The number of rotatable bonds is 4. The Morgan fingerprint density at radius 1 is 1.40 bits per heavy atom. The molecule has 0 saturated heterocycles. The van der Waals surface area contributed by atoms with E-state index in [0.717, 1.165) is 24.2 Å². The molecule has 1 fully saturated rings. The Morgan fingerprint density at radius 2 is 2.10 bits per heavy atom. The minimum atomic E-state index is -0.473. The fourth-order valence-electron chi connectivity index (χ4n) is 2.44. The summed E-state index contributed by atoms with van der Waals surface area (Å²) in [6.45, 7) is 0.408. The van der Waals surface area contributed by atoms with Crippen LogP contribution < -0.4 is 5.32 Å². The van der Waals surface area contributed by atoms with E-state index in [4.69, 9.17) is 0 Å². The van der Waals surface area contributed by atoms with Gasteiger partial charge in [0, 0.05) is 19.4 Å². The Morgan fingerprint density at radius 3 is 2.65 bits per heavy atom. The molecule has 0 spiro atoms. The highest BCUT2D eigenvalue weighted by atomic mass is 19.1. The molecule has 2 aromatic rings. The van der Waals surface area contributed by atoms with Crippen molar-refractivity contribution in [2.24, 2.45) is 7.05 Å². The summed E-state index contributed by atoms with van der Waals surface area (Å²) in [6, 6.07) is 6.20. The number of amides is 1. The largest absolute Gasteiger partial charge is 0.348 e. The van der Waals surface area contributed by atoms with Gasteiger partial charge in [-0.1, -0.05) is 12.1 Å². The smallest absolute Gasteiger partial charge is 0.231 e. The molecule has 1 heterocycles. The van der Waals surface area contributed by atoms with E-state index in [1.54, 1.807) is 18.3 Å². The zero-order valence-corrected chi connectivity index (χ0v) is 11.3. The van der Waals surface area contributed by atoms with Crippen LogP contribution in [0.1, 0.15) is 24.2 Å². The third kappa shape index (κ3) is 2.19. The van der Waals surface area contributed by atoms with Gasteiger partial charge in [0.25, 0.3) is 0 Å². The first-order valence-corrected chi connectivity index (χ1v) is 6.62. The third-order valence-corrected chi connectivity index (χ3v) is 3.91. The zero-order valence-electron chi connectivity index (χ0n) is 11.3. The summed E-state index contributed by atoms with van der Waals surface area (Å²) in [7, 11) is 1.89. The van der Waals surface area contributed by atoms with Crippen LogP contribution >= 0.6 is 0 Å². The molecule has 1 amide bonds. The minimum Gasteiger partial charge on any atom is -0.348 e. The Balaban J connectivity index is 1.70. The predicted octanol–water partition coefficient (Wildman–Crippen LogP) is 1.91. The lowest BCUT2D eigenvalue weighted by Crippen LogP contribution is -2.34. The highest BCUT2D eigenvalue weighted by Crippen LogP contribution is 2.48. The van der Waals surface area contributed by atoms with Crippen LogP contribution in [-0.4, -0.2) is 15.5 Å². The predicted molar refractivity (Wildman–Crippen MR) is 72.4 cm³/mol. The van der Waals surface area contributed by atoms with Gasteiger partial charge in [-0.05, 0) is 30.5 Å². The van der Waals surface area contributed by atoms with Crippen molar-refractivity contribution in [2.75, 3.05) is 0 Å². The number of hydrogen-bond donors (Lipinski definition) is 1. The van der Waals surface area contributed by atoms with Gasteiger partial charge < -0.3 is 9.88 Å². The second kappa shape index (κ2) is 4.74. The van der Waals surface area contributed by atoms with Gasteiger partial charge in [0.2, 0.25) is 5.91 Å². The molecule has 1 aliphatic carbocycles. The lowest BCUT2D eigenvalue weighted by molar-refractivity contribution is -0.123. The van der Waals surface area contributed by atoms with Crippen LogP contribution in [0.4, 0.5) is 4.39 Å². The lowest BCUT2D eigenvalue weighted by atomic mass is 9.95. The zero-order chi connectivity index (χ0) is 14.2. The Bertz CT molecular complexity index is 629. The first-order chi connectivity index (χ1) is 9.62. The highest BCUT2D eigenvalue weighted by Gasteiger charge is 2.51. The quantitative estimate of drug-likeness (QED) is 0.925. The number of carbonyl (C=O) groups is 1. The molecule has 4 nitrogen and oxygen atoms in total. The highest BCUT2D eigenvalue weighted by molar-refractivity contribution is 5.91. The van der Waals surface area contributed by atoms with E-state index in [1.807, 2.05) is 17.8 Å². The van der Waals surface area contributed by atoms with Gasteiger partial charge >= 0.3 is 0 Å². The van der Waals surface area contributed by atoms with Crippen LogP contribution in [0.25, 0.3) is 0 Å². The Hall–Kier alpha value is -2.17. The maximum Gasteiger partial charge on any atom is 0.231 e. The SMILES string of the molecule is Cn1ccnc1CNC(=O)C1(c2ccc(F)cc2)CC1. The molecule has 1 saturated carbocycles. The van der Waals surface area contributed by atoms with E-state index < -0.39 is 5.41 Å². The van der Waals surface area contributed by atoms with Crippen LogP contribution in [0.15, 0.2) is 36.7 Å². The molecule has 0 aliphatic heterocycles. The maximum absolute atomic E-state index is 13.0. The average Bonchev–Trinajstić information content (AvgIpc) is 3.15. The fourth-order valence-corrected chi connectivity index (χ4v) is 2.44. The number of carbonyl (C=O) groups excluding carboxylic acids is 1. The fraction of sp³-hybridized carbons (Fsp3) is 0.333. The summed E-state index contributed by atoms with van der Waals surface area (Å²) in [5, 5.41) is 2.93. The first-order valence-electron chi connectivity index (χ1n) is 6.62. The molecule has 5 heteroatoms. The van der Waals surface area contributed by atoms with Crippen molar-refractivity contribution in [1.29, 1.82) is 0 Å². The molecule has 3 rings (SSSR count). The van der Waals surface area contributed by atoms with Crippen LogP contribution in [0.2, 0.25) is 0 Å². The van der Waals surface area contributed by atoms with Gasteiger partial charge in [-0.2, -0.15) is 0 Å². The molecule has 1 aliphatic rings. The van der Waals surface area contributed by atoms with Gasteiger partial charge in [0.15, 0.2) is 0 Å². The molecule has 0 atom stereocenters. The van der Waals surface area contributed by atoms with Gasteiger partial charge in [-0.15, -0.1) is 0 Å². The van der Waals surface area contributed by atoms with Crippen LogP contribution in [0, 0.1) is 5.82 Å². The van der Waals surface area contributed by atoms with Crippen molar-refractivity contribution < 1.29 is 9.18 Å². The molecular weight excluding hydrogens is 257 g/mol. The topological polar surface area (TPSA) is 46.9 Å². The van der Waals surface area contributed by atoms with Crippen molar-refractivity contribution >= 4 is 5.91 Å². The van der Waals surface area contributed by atoms with E-state index in [2.05, 4.69) is 10.3 Å². The van der Waals surface area contributed by atoms with Crippen LogP contribution in [0.5, 0.6) is 0 Å². The molecular formula is C15H16FN3O. The number of aromatic nitrogens is 2. The third-order valence-electron chi connectivity index (χ3n) is 3.91. The number of nitrogens with one attached hydrogen (secondary N) is 1. The maximum atomic E-state index is 13.0. The van der Waals surface area contributed by atoms with Gasteiger partial charge in [0.05, 0.1) is 12.0 Å². The molecule has 0 unspecified atom stereocenters. The average molecular weight is 273 g/mol. The summed E-state index contributed by atoms with van der Waals surface area (Å²) in [6.07, 6.45) is 5.17. The van der Waals surface area contributed by atoms with Crippen molar-refractivity contribution in [1.82, 2.24) is 14.9 Å². The number of hydrogen-bond acceptors (Lipinski definition) is 2. The van der Waals surface area contributed by atoms with E-state index >= 15 is 0 Å². The number of nitrogens with zero attached hydrogens (tertiary/aromatic N) is 2. The van der Waals surface area contributed by atoms with Crippen molar-refractivity contribution in [3.63, 3.8) is 0 Å². The first kappa shape index (κ1) is 12.8. The summed E-state index contributed by atoms with van der Waals surface area (Å²) < 4.78 is 14.8. The van der Waals surface area contributed by atoms with Crippen LogP contribution in [-0.2, 0) is 23.8 Å². The Labute approximate surface area is 116 Å². The van der Waals surface area contributed by atoms with E-state index in [1.165, 1.54) is 12.1 Å². The number of halogens is 1. The van der Waals surface area contributed by atoms with Gasteiger partial charge in [0.1, 0.15) is 11.6 Å². The molecule has 1 N–H and O–H groups in total.